The topological polar surface area (TPSA) is 58.6 Å². The summed E-state index contributed by atoms with van der Waals surface area (Å²) in [5, 5.41) is 2.67. The molecule has 2 amide bonds. The number of amides is 2. The number of piperazine rings is 1. The van der Waals surface area contributed by atoms with Crippen LogP contribution in [0.25, 0.3) is 0 Å². The first kappa shape index (κ1) is 13.9. The molecule has 1 N–H and O–H groups in total. The van der Waals surface area contributed by atoms with Crippen LogP contribution in [0.5, 0.6) is 5.75 Å². The molecule has 2 fully saturated rings. The van der Waals surface area contributed by atoms with Crippen molar-refractivity contribution in [3.8, 4) is 5.75 Å². The van der Waals surface area contributed by atoms with Crippen LogP contribution in [0.4, 0.5) is 0 Å². The van der Waals surface area contributed by atoms with Gasteiger partial charge >= 0.3 is 0 Å². The standard InChI is InChI=1S/C16H20N2O3/c1-9-10(2)14(21-3)7-4-11(9)12-5-6-13-16(20)17-8-15(19)18(12)13/h4,7,12-13H,5-6,8H2,1-3H3,(H,17,20). The third-order valence-corrected chi connectivity index (χ3v) is 4.75. The Morgan fingerprint density at radius 2 is 1.86 bits per heavy atom. The Balaban J connectivity index is 2.00. The Morgan fingerprint density at radius 3 is 2.57 bits per heavy atom. The number of hydrogen-bond donors (Lipinski definition) is 1. The fraction of sp³-hybridized carbons (Fsp3) is 0.500. The molecule has 5 nitrogen and oxygen atoms in total. The molecule has 112 valence electrons. The van der Waals surface area contributed by atoms with E-state index in [2.05, 4.69) is 12.2 Å². The van der Waals surface area contributed by atoms with E-state index in [9.17, 15) is 9.59 Å². The van der Waals surface area contributed by atoms with Crippen LogP contribution in [0.2, 0.25) is 0 Å². The number of benzene rings is 1. The molecule has 0 radical (unpaired) electrons. The van der Waals surface area contributed by atoms with E-state index in [0.717, 1.165) is 35.3 Å². The summed E-state index contributed by atoms with van der Waals surface area (Å²) >= 11 is 0. The number of hydrogen-bond acceptors (Lipinski definition) is 3. The lowest BCUT2D eigenvalue weighted by Crippen LogP contribution is -2.56. The second-order valence-electron chi connectivity index (χ2n) is 5.73. The quantitative estimate of drug-likeness (QED) is 0.896. The molecule has 3 rings (SSSR count). The van der Waals surface area contributed by atoms with Gasteiger partial charge in [0.1, 0.15) is 11.8 Å². The normalized spacial score (nSPS) is 24.8. The highest BCUT2D eigenvalue weighted by molar-refractivity contribution is 5.95. The molecular formula is C16H20N2O3. The van der Waals surface area contributed by atoms with Gasteiger partial charge < -0.3 is 15.0 Å². The minimum atomic E-state index is -0.307. The molecule has 5 heteroatoms. The number of rotatable bonds is 2. The summed E-state index contributed by atoms with van der Waals surface area (Å²) in [5.41, 5.74) is 3.35. The maximum absolute atomic E-state index is 12.2. The van der Waals surface area contributed by atoms with Crippen LogP contribution in [0.15, 0.2) is 12.1 Å². The number of methoxy groups -OCH3 is 1. The maximum Gasteiger partial charge on any atom is 0.243 e. The van der Waals surface area contributed by atoms with Gasteiger partial charge in [-0.2, -0.15) is 0 Å². The van der Waals surface area contributed by atoms with Gasteiger partial charge in [0.2, 0.25) is 11.8 Å². The molecule has 0 spiro atoms. The van der Waals surface area contributed by atoms with Gasteiger partial charge in [-0.05, 0) is 49.4 Å². The first-order valence-corrected chi connectivity index (χ1v) is 7.27. The van der Waals surface area contributed by atoms with E-state index in [1.807, 2.05) is 19.1 Å². The van der Waals surface area contributed by atoms with E-state index < -0.39 is 0 Å². The molecule has 2 unspecified atom stereocenters. The first-order valence-electron chi connectivity index (χ1n) is 7.27. The Kier molecular flexibility index (Phi) is 3.35. The Morgan fingerprint density at radius 1 is 1.14 bits per heavy atom. The second-order valence-corrected chi connectivity index (χ2v) is 5.73. The fourth-order valence-electron chi connectivity index (χ4n) is 3.49. The molecule has 21 heavy (non-hydrogen) atoms. The van der Waals surface area contributed by atoms with Crippen LogP contribution in [0.3, 0.4) is 0 Å². The average molecular weight is 288 g/mol. The van der Waals surface area contributed by atoms with Crippen LogP contribution in [-0.2, 0) is 9.59 Å². The van der Waals surface area contributed by atoms with Crippen molar-refractivity contribution in [2.45, 2.75) is 38.8 Å². The van der Waals surface area contributed by atoms with Crippen LogP contribution < -0.4 is 10.1 Å². The number of carbonyl (C=O) groups excluding carboxylic acids is 2. The maximum atomic E-state index is 12.2. The minimum Gasteiger partial charge on any atom is -0.496 e. The highest BCUT2D eigenvalue weighted by atomic mass is 16.5. The van der Waals surface area contributed by atoms with Gasteiger partial charge in [-0.3, -0.25) is 9.59 Å². The molecule has 2 aliphatic heterocycles. The lowest BCUT2D eigenvalue weighted by molar-refractivity contribution is -0.145. The van der Waals surface area contributed by atoms with Crippen molar-refractivity contribution < 1.29 is 14.3 Å². The van der Waals surface area contributed by atoms with Gasteiger partial charge in [0, 0.05) is 0 Å². The van der Waals surface area contributed by atoms with Crippen molar-refractivity contribution in [3.63, 3.8) is 0 Å². The van der Waals surface area contributed by atoms with Gasteiger partial charge in [0.25, 0.3) is 0 Å². The first-order chi connectivity index (χ1) is 10.0. The molecule has 0 aromatic heterocycles. The van der Waals surface area contributed by atoms with Gasteiger partial charge in [-0.1, -0.05) is 6.07 Å². The van der Waals surface area contributed by atoms with Gasteiger partial charge in [0.05, 0.1) is 19.7 Å². The predicted molar refractivity (Wildman–Crippen MR) is 78.1 cm³/mol. The third-order valence-electron chi connectivity index (χ3n) is 4.75. The molecule has 0 aliphatic carbocycles. The van der Waals surface area contributed by atoms with Crippen molar-refractivity contribution in [1.82, 2.24) is 10.2 Å². The average Bonchev–Trinajstić information content (AvgIpc) is 2.92. The number of carbonyl (C=O) groups is 2. The third kappa shape index (κ3) is 2.07. The number of nitrogens with zero attached hydrogens (tertiary/aromatic N) is 1. The molecule has 1 aromatic rings. The molecule has 0 bridgehead atoms. The predicted octanol–water partition coefficient (Wildman–Crippen LogP) is 1.47. The van der Waals surface area contributed by atoms with Crippen LogP contribution in [-0.4, -0.2) is 36.4 Å². The van der Waals surface area contributed by atoms with Gasteiger partial charge in [-0.15, -0.1) is 0 Å². The summed E-state index contributed by atoms with van der Waals surface area (Å²) < 4.78 is 5.34. The van der Waals surface area contributed by atoms with Crippen molar-refractivity contribution >= 4 is 11.8 Å². The van der Waals surface area contributed by atoms with E-state index in [1.54, 1.807) is 12.0 Å². The van der Waals surface area contributed by atoms with E-state index in [1.165, 1.54) is 0 Å². The summed E-state index contributed by atoms with van der Waals surface area (Å²) in [7, 11) is 1.66. The highest BCUT2D eigenvalue weighted by Gasteiger charge is 2.44. The van der Waals surface area contributed by atoms with E-state index >= 15 is 0 Å². The van der Waals surface area contributed by atoms with Crippen LogP contribution in [0, 0.1) is 13.8 Å². The van der Waals surface area contributed by atoms with Crippen molar-refractivity contribution in [1.29, 1.82) is 0 Å². The molecule has 1 aromatic carbocycles. The van der Waals surface area contributed by atoms with Crippen molar-refractivity contribution in [3.05, 3.63) is 28.8 Å². The van der Waals surface area contributed by atoms with Crippen LogP contribution >= 0.6 is 0 Å². The Hall–Kier alpha value is -2.04. The van der Waals surface area contributed by atoms with E-state index in [-0.39, 0.29) is 30.4 Å². The summed E-state index contributed by atoms with van der Waals surface area (Å²) in [4.78, 5) is 25.9. The second kappa shape index (κ2) is 5.06. The number of nitrogens with one attached hydrogen (secondary N) is 1. The smallest absolute Gasteiger partial charge is 0.243 e. The highest BCUT2D eigenvalue weighted by Crippen LogP contribution is 2.40. The van der Waals surface area contributed by atoms with E-state index in [4.69, 9.17) is 4.74 Å². The van der Waals surface area contributed by atoms with E-state index in [0.29, 0.717) is 0 Å². The summed E-state index contributed by atoms with van der Waals surface area (Å²) in [6.07, 6.45) is 1.56. The minimum absolute atomic E-state index is 0.00171. The largest absolute Gasteiger partial charge is 0.496 e. The Bertz CT molecular complexity index is 612. The number of ether oxygens (including phenoxy) is 1. The lowest BCUT2D eigenvalue weighted by Gasteiger charge is -2.34. The molecule has 0 saturated carbocycles. The summed E-state index contributed by atoms with van der Waals surface area (Å²) in [6, 6.07) is 3.66. The zero-order chi connectivity index (χ0) is 15.1. The van der Waals surface area contributed by atoms with Gasteiger partial charge in [-0.25, -0.2) is 0 Å². The van der Waals surface area contributed by atoms with Crippen molar-refractivity contribution in [2.24, 2.45) is 0 Å². The molecule has 2 heterocycles. The zero-order valence-electron chi connectivity index (χ0n) is 12.6. The van der Waals surface area contributed by atoms with Gasteiger partial charge in [0.15, 0.2) is 0 Å². The fourth-order valence-corrected chi connectivity index (χ4v) is 3.49. The number of fused-ring (bicyclic) bond motifs is 1. The SMILES string of the molecule is COc1ccc(C2CCC3C(=O)NCC(=O)N32)c(C)c1C. The zero-order valence-corrected chi connectivity index (χ0v) is 12.6. The molecule has 2 atom stereocenters. The molecular weight excluding hydrogens is 268 g/mol. The molecule has 2 aliphatic rings. The summed E-state index contributed by atoms with van der Waals surface area (Å²) in [6.45, 7) is 4.18. The monoisotopic (exact) mass is 288 g/mol. The van der Waals surface area contributed by atoms with Crippen molar-refractivity contribution in [2.75, 3.05) is 13.7 Å². The Labute approximate surface area is 124 Å². The summed E-state index contributed by atoms with van der Waals surface area (Å²) in [5.74, 6) is 0.837. The lowest BCUT2D eigenvalue weighted by atomic mass is 9.95. The van der Waals surface area contributed by atoms with Crippen LogP contribution in [0.1, 0.15) is 35.6 Å². The molecule has 2 saturated heterocycles.